The van der Waals surface area contributed by atoms with E-state index in [1.807, 2.05) is 6.92 Å². The third-order valence-electron chi connectivity index (χ3n) is 4.82. The second-order valence-corrected chi connectivity index (χ2v) is 7.25. The van der Waals surface area contributed by atoms with E-state index in [0.29, 0.717) is 12.0 Å². The maximum absolute atomic E-state index is 12.8. The van der Waals surface area contributed by atoms with E-state index < -0.39 is 41.8 Å². The van der Waals surface area contributed by atoms with Crippen molar-refractivity contribution in [3.05, 3.63) is 29.8 Å². The number of benzene rings is 1. The summed E-state index contributed by atoms with van der Waals surface area (Å²) in [6.45, 7) is 3.57. The summed E-state index contributed by atoms with van der Waals surface area (Å²) in [6, 6.07) is 2.71. The highest BCUT2D eigenvalue weighted by molar-refractivity contribution is 5.92. The minimum atomic E-state index is -1.23. The molecule has 1 aromatic rings. The minimum absolute atomic E-state index is 0.000646. The first-order valence-corrected chi connectivity index (χ1v) is 9.70. The molecular weight excluding hydrogens is 392 g/mol. The number of rotatable bonds is 12. The number of carbonyl (C=O) groups is 4. The molecule has 0 saturated carbocycles. The Hall–Kier alpha value is -3.14. The number of hydrogen-bond acceptors (Lipinski definition) is 6. The van der Waals surface area contributed by atoms with Gasteiger partial charge < -0.3 is 32.3 Å². The standard InChI is InChI=1S/C20H30N4O6/c1-3-11(2)17(24-18(27)14(21)8-9-16(22)26)19(28)23-15(20(29)30)10-12-4-6-13(25)7-5-12/h4-7,11,14-15,17,25H,3,8-10,21H2,1-2H3,(H2,22,26)(H,23,28)(H,24,27)(H,29,30)/t11-,14-,15-,17-/m0/s1. The fourth-order valence-corrected chi connectivity index (χ4v) is 2.72. The van der Waals surface area contributed by atoms with Gasteiger partial charge in [0.05, 0.1) is 6.04 Å². The minimum Gasteiger partial charge on any atom is -0.508 e. The van der Waals surface area contributed by atoms with Crippen molar-refractivity contribution in [1.29, 1.82) is 0 Å². The van der Waals surface area contributed by atoms with Crippen LogP contribution in [-0.4, -0.2) is 52.0 Å². The molecule has 10 nitrogen and oxygen atoms in total. The number of amides is 3. The van der Waals surface area contributed by atoms with Gasteiger partial charge in [-0.1, -0.05) is 32.4 Å². The van der Waals surface area contributed by atoms with E-state index in [9.17, 15) is 29.4 Å². The van der Waals surface area contributed by atoms with Gasteiger partial charge in [-0.3, -0.25) is 14.4 Å². The van der Waals surface area contributed by atoms with Crippen molar-refractivity contribution in [1.82, 2.24) is 10.6 Å². The first-order chi connectivity index (χ1) is 14.0. The fraction of sp³-hybridized carbons (Fsp3) is 0.500. The number of hydrogen-bond donors (Lipinski definition) is 6. The van der Waals surface area contributed by atoms with Gasteiger partial charge in [-0.25, -0.2) is 4.79 Å². The SMILES string of the molecule is CC[C@H](C)[C@H](NC(=O)[C@@H](N)CCC(N)=O)C(=O)N[C@@H](Cc1ccc(O)cc1)C(=O)O. The highest BCUT2D eigenvalue weighted by Crippen LogP contribution is 2.13. The van der Waals surface area contributed by atoms with Crippen LogP contribution < -0.4 is 22.1 Å². The van der Waals surface area contributed by atoms with E-state index in [1.165, 1.54) is 12.1 Å². The number of carboxylic acids is 1. The second kappa shape index (κ2) is 11.8. The van der Waals surface area contributed by atoms with E-state index in [4.69, 9.17) is 11.5 Å². The molecule has 0 aromatic heterocycles. The smallest absolute Gasteiger partial charge is 0.326 e. The summed E-state index contributed by atoms with van der Waals surface area (Å²) in [7, 11) is 0. The Bertz CT molecular complexity index is 752. The van der Waals surface area contributed by atoms with Crippen LogP contribution in [0.25, 0.3) is 0 Å². The number of nitrogens with one attached hydrogen (secondary N) is 2. The Morgan fingerprint density at radius 1 is 1.07 bits per heavy atom. The fourth-order valence-electron chi connectivity index (χ4n) is 2.72. The van der Waals surface area contributed by atoms with Gasteiger partial charge in [0.1, 0.15) is 17.8 Å². The van der Waals surface area contributed by atoms with Crippen molar-refractivity contribution in [3.8, 4) is 5.75 Å². The lowest BCUT2D eigenvalue weighted by Gasteiger charge is -2.26. The summed E-state index contributed by atoms with van der Waals surface area (Å²) < 4.78 is 0. The van der Waals surface area contributed by atoms with Gasteiger partial charge in [0.2, 0.25) is 17.7 Å². The third-order valence-corrected chi connectivity index (χ3v) is 4.82. The van der Waals surface area contributed by atoms with Crippen LogP contribution in [0.3, 0.4) is 0 Å². The van der Waals surface area contributed by atoms with Gasteiger partial charge in [0.25, 0.3) is 0 Å². The van der Waals surface area contributed by atoms with Crippen molar-refractivity contribution in [2.45, 2.75) is 57.7 Å². The Morgan fingerprint density at radius 2 is 1.67 bits per heavy atom. The monoisotopic (exact) mass is 422 g/mol. The number of phenols is 1. The molecule has 0 spiro atoms. The van der Waals surface area contributed by atoms with Gasteiger partial charge in [0.15, 0.2) is 0 Å². The molecule has 3 amide bonds. The van der Waals surface area contributed by atoms with Gasteiger partial charge in [-0.2, -0.15) is 0 Å². The molecule has 0 bridgehead atoms. The topological polar surface area (TPSA) is 185 Å². The van der Waals surface area contributed by atoms with E-state index in [-0.39, 0.29) is 30.9 Å². The number of aromatic hydroxyl groups is 1. The highest BCUT2D eigenvalue weighted by Gasteiger charge is 2.31. The molecule has 0 unspecified atom stereocenters. The van der Waals surface area contributed by atoms with Gasteiger partial charge in [-0.15, -0.1) is 0 Å². The van der Waals surface area contributed by atoms with Crippen LogP contribution in [0.5, 0.6) is 5.75 Å². The van der Waals surface area contributed by atoms with Crippen molar-refractivity contribution in [2.75, 3.05) is 0 Å². The molecule has 0 radical (unpaired) electrons. The number of phenolic OH excluding ortho intramolecular Hbond substituents is 1. The van der Waals surface area contributed by atoms with Gasteiger partial charge >= 0.3 is 5.97 Å². The molecule has 1 aromatic carbocycles. The van der Waals surface area contributed by atoms with Gasteiger partial charge in [0, 0.05) is 12.8 Å². The van der Waals surface area contributed by atoms with Gasteiger partial charge in [-0.05, 0) is 30.0 Å². The van der Waals surface area contributed by atoms with Crippen LogP contribution in [0, 0.1) is 5.92 Å². The first-order valence-electron chi connectivity index (χ1n) is 9.70. The number of primary amides is 1. The van der Waals surface area contributed by atoms with Crippen LogP contribution in [0.2, 0.25) is 0 Å². The number of carbonyl (C=O) groups excluding carboxylic acids is 3. The van der Waals surface area contributed by atoms with Crippen LogP contribution in [0.4, 0.5) is 0 Å². The van der Waals surface area contributed by atoms with Crippen LogP contribution in [0.1, 0.15) is 38.7 Å². The van der Waals surface area contributed by atoms with Crippen molar-refractivity contribution in [3.63, 3.8) is 0 Å². The second-order valence-electron chi connectivity index (χ2n) is 7.25. The lowest BCUT2D eigenvalue weighted by Crippen LogP contribution is -2.57. The molecule has 0 fully saturated rings. The lowest BCUT2D eigenvalue weighted by molar-refractivity contribution is -0.142. The Labute approximate surface area is 175 Å². The molecule has 10 heteroatoms. The number of aliphatic carboxylic acids is 1. The Morgan fingerprint density at radius 3 is 2.17 bits per heavy atom. The molecule has 0 aliphatic heterocycles. The first kappa shape index (κ1) is 24.9. The molecular formula is C20H30N4O6. The molecule has 4 atom stereocenters. The molecule has 0 aliphatic carbocycles. The normalized spacial score (nSPS) is 14.8. The summed E-state index contributed by atoms with van der Waals surface area (Å²) in [5, 5.41) is 23.8. The molecule has 1 rings (SSSR count). The Kier molecular flexibility index (Phi) is 9.76. The summed E-state index contributed by atoms with van der Waals surface area (Å²) in [5.74, 6) is -3.34. The third kappa shape index (κ3) is 8.08. The van der Waals surface area contributed by atoms with Crippen molar-refractivity contribution < 1.29 is 29.4 Å². The number of carboxylic acid groups (broad SMARTS) is 1. The molecule has 166 valence electrons. The largest absolute Gasteiger partial charge is 0.508 e. The van der Waals surface area contributed by atoms with E-state index >= 15 is 0 Å². The zero-order valence-electron chi connectivity index (χ0n) is 17.1. The van der Waals surface area contributed by atoms with Crippen LogP contribution in [0.15, 0.2) is 24.3 Å². The zero-order chi connectivity index (χ0) is 22.8. The quantitative estimate of drug-likeness (QED) is 0.265. The van der Waals surface area contributed by atoms with E-state index in [1.54, 1.807) is 19.1 Å². The maximum atomic E-state index is 12.8. The highest BCUT2D eigenvalue weighted by atomic mass is 16.4. The maximum Gasteiger partial charge on any atom is 0.326 e. The van der Waals surface area contributed by atoms with E-state index in [2.05, 4.69) is 10.6 Å². The van der Waals surface area contributed by atoms with E-state index in [0.717, 1.165) is 0 Å². The zero-order valence-corrected chi connectivity index (χ0v) is 17.1. The van der Waals surface area contributed by atoms with Crippen molar-refractivity contribution >= 4 is 23.7 Å². The molecule has 8 N–H and O–H groups in total. The molecule has 0 saturated heterocycles. The molecule has 0 heterocycles. The average Bonchev–Trinajstić information content (AvgIpc) is 2.70. The number of nitrogens with two attached hydrogens (primary N) is 2. The lowest BCUT2D eigenvalue weighted by atomic mass is 9.96. The summed E-state index contributed by atoms with van der Waals surface area (Å²) in [4.78, 5) is 47.6. The molecule has 0 aliphatic rings. The average molecular weight is 422 g/mol. The van der Waals surface area contributed by atoms with Crippen LogP contribution in [-0.2, 0) is 25.6 Å². The predicted molar refractivity (Wildman–Crippen MR) is 109 cm³/mol. The molecule has 30 heavy (non-hydrogen) atoms. The Balaban J connectivity index is 2.86. The predicted octanol–water partition coefficient (Wildman–Crippen LogP) is -0.372. The summed E-state index contributed by atoms with van der Waals surface area (Å²) in [5.41, 5.74) is 11.4. The van der Waals surface area contributed by atoms with Crippen LogP contribution >= 0.6 is 0 Å². The summed E-state index contributed by atoms with van der Waals surface area (Å²) in [6.07, 6.45) is 0.516. The van der Waals surface area contributed by atoms with Crippen molar-refractivity contribution in [2.24, 2.45) is 17.4 Å². The summed E-state index contributed by atoms with van der Waals surface area (Å²) >= 11 is 0.